The predicted octanol–water partition coefficient (Wildman–Crippen LogP) is 4.19. The van der Waals surface area contributed by atoms with Gasteiger partial charge in [0, 0.05) is 16.0 Å². The molecule has 36 heavy (non-hydrogen) atoms. The minimum Gasteiger partial charge on any atom is -0.741 e. The van der Waals surface area contributed by atoms with E-state index in [4.69, 9.17) is 25.3 Å². The van der Waals surface area contributed by atoms with E-state index < -0.39 is 35.8 Å². The number of hydrogen-bond acceptors (Lipinski definition) is 7. The van der Waals surface area contributed by atoms with E-state index in [2.05, 4.69) is 33.0 Å². The van der Waals surface area contributed by atoms with Crippen LogP contribution in [0.15, 0.2) is 79.9 Å². The van der Waals surface area contributed by atoms with Gasteiger partial charge in [-0.1, -0.05) is 42.5 Å². The zero-order chi connectivity index (χ0) is 26.1. The largest absolute Gasteiger partial charge is 2.00 e. The van der Waals surface area contributed by atoms with Crippen molar-refractivity contribution in [3.63, 3.8) is 0 Å². The van der Waals surface area contributed by atoms with Gasteiger partial charge in [-0.05, 0) is 22.5 Å². The van der Waals surface area contributed by atoms with Crippen molar-refractivity contribution in [2.24, 2.45) is 20.4 Å². The summed E-state index contributed by atoms with van der Waals surface area (Å²) in [6.45, 7) is -2.83. The van der Waals surface area contributed by atoms with Crippen LogP contribution in [-0.4, -0.2) is 47.2 Å². The van der Waals surface area contributed by atoms with E-state index in [1.54, 1.807) is 54.6 Å². The van der Waals surface area contributed by atoms with E-state index >= 15 is 0 Å². The maximum Gasteiger partial charge on any atom is 2.00 e. The molecular weight excluding hydrogens is 598 g/mol. The molecule has 1 radical (unpaired) electrons. The average molecular weight is 614 g/mol. The molecule has 0 aliphatic rings. The third-order valence-electron chi connectivity index (χ3n) is 3.77. The zero-order valence-electron chi connectivity index (χ0n) is 17.7. The summed E-state index contributed by atoms with van der Waals surface area (Å²) in [6, 6.07) is 14.7. The van der Waals surface area contributed by atoms with Gasteiger partial charge in [-0.2, -0.15) is 36.5 Å². The Hall–Kier alpha value is -2.39. The minimum atomic E-state index is -4.52. The fourth-order valence-corrected chi connectivity index (χ4v) is 2.69. The van der Waals surface area contributed by atoms with Crippen LogP contribution in [0.1, 0.15) is 11.1 Å². The molecule has 0 unspecified atom stereocenters. The predicted molar refractivity (Wildman–Crippen MR) is 131 cm³/mol. The van der Waals surface area contributed by atoms with Gasteiger partial charge in [0.05, 0.1) is 0 Å². The number of thiol groups is 1. The molecule has 0 aliphatic heterocycles. The Balaban J connectivity index is 0.00000648. The van der Waals surface area contributed by atoms with E-state index in [-0.39, 0.29) is 28.5 Å². The molecule has 0 bridgehead atoms. The summed E-state index contributed by atoms with van der Waals surface area (Å²) in [5, 5.41) is 18.0. The first-order valence-corrected chi connectivity index (χ1v) is 10.7. The number of alkyl halides is 6. The van der Waals surface area contributed by atoms with Gasteiger partial charge in [0.2, 0.25) is 0 Å². The van der Waals surface area contributed by atoms with Crippen molar-refractivity contribution in [3.05, 3.63) is 65.7 Å². The average Bonchev–Trinajstić information content (AvgIpc) is 2.79. The molecule has 16 heteroatoms. The molecule has 0 aliphatic carbocycles. The van der Waals surface area contributed by atoms with Gasteiger partial charge >= 0.3 is 29.4 Å². The van der Waals surface area contributed by atoms with Gasteiger partial charge in [0.15, 0.2) is 0 Å². The Labute approximate surface area is 229 Å². The third kappa shape index (κ3) is 12.0. The summed E-state index contributed by atoms with van der Waals surface area (Å²) in [5.74, 6) is 0. The Morgan fingerprint density at radius 2 is 1.06 bits per heavy atom. The fraction of sp³-hybridized carbons (Fsp3) is 0.200. The maximum atomic E-state index is 12.5. The first-order valence-electron chi connectivity index (χ1n) is 9.46. The van der Waals surface area contributed by atoms with Crippen LogP contribution in [0.5, 0.6) is 0 Å². The molecule has 6 nitrogen and oxygen atoms in total. The Morgan fingerprint density at radius 1 is 0.667 bits per heavy atom. The molecule has 0 saturated carbocycles. The van der Waals surface area contributed by atoms with Crippen molar-refractivity contribution in [3.8, 4) is 0 Å². The number of benzene rings is 2. The molecule has 197 valence electrons. The van der Waals surface area contributed by atoms with Crippen LogP contribution in [0.4, 0.5) is 26.3 Å². The summed E-state index contributed by atoms with van der Waals surface area (Å²) in [7, 11) is 0. The molecule has 0 fully saturated rings. The van der Waals surface area contributed by atoms with Crippen molar-refractivity contribution in [2.45, 2.75) is 17.2 Å². The number of nitrogens with zero attached hydrogens (tertiary/aromatic N) is 4. The second-order valence-corrected chi connectivity index (χ2v) is 7.85. The Kier molecular flexibility index (Phi) is 12.6. The quantitative estimate of drug-likeness (QED) is 0.0833. The Bertz CT molecular complexity index is 1100. The summed E-state index contributed by atoms with van der Waals surface area (Å²) < 4.78 is 74.7. The third-order valence-corrected chi connectivity index (χ3v) is 4.52. The zero-order valence-corrected chi connectivity index (χ0v) is 21.2. The van der Waals surface area contributed by atoms with Gasteiger partial charge in [0.25, 0.3) is 0 Å². The van der Waals surface area contributed by atoms with Crippen molar-refractivity contribution in [1.82, 2.24) is 10.6 Å². The number of amidine groups is 2. The van der Waals surface area contributed by atoms with Crippen molar-refractivity contribution < 1.29 is 43.4 Å². The van der Waals surface area contributed by atoms with Crippen molar-refractivity contribution in [2.75, 3.05) is 13.1 Å². The fourth-order valence-electron chi connectivity index (χ4n) is 2.31. The summed E-state index contributed by atoms with van der Waals surface area (Å²) in [4.78, 5) is 0.604. The van der Waals surface area contributed by atoms with E-state index in [1.165, 1.54) is 0 Å². The van der Waals surface area contributed by atoms with Crippen LogP contribution in [0, 0.1) is 0 Å². The first kappa shape index (κ1) is 31.6. The molecule has 2 rings (SSSR count). The minimum absolute atomic E-state index is 0. The molecule has 0 amide bonds. The SMILES string of the molecule is FC(F)(F)CN/C([S-])=N/N=C(/C(=N/N=C(\[S-])NCC(F)(F)F)c1ccc(S)cc1)c1ccccc1.[Cu+2]. The topological polar surface area (TPSA) is 73.5 Å². The van der Waals surface area contributed by atoms with Crippen molar-refractivity contribution in [1.29, 1.82) is 0 Å². The van der Waals surface area contributed by atoms with Gasteiger partial charge in [-0.15, -0.1) is 22.8 Å². The molecule has 0 aromatic heterocycles. The van der Waals surface area contributed by atoms with Gasteiger partial charge in [0.1, 0.15) is 24.5 Å². The summed E-state index contributed by atoms with van der Waals surface area (Å²) >= 11 is 13.8. The molecule has 2 aromatic carbocycles. The number of rotatable bonds is 7. The van der Waals surface area contributed by atoms with Crippen LogP contribution >= 0.6 is 12.6 Å². The standard InChI is InChI=1S/C20H18F6N6S3.Cu/c21-19(22,23)10-27-17(34)31-29-15(12-4-2-1-3-5-12)16(13-6-8-14(33)9-7-13)30-32-18(35)28-11-20(24,25)26;/h1-9,33H,10-11H2,(H2,27,31,34)(H2,28,32,35);/q;+2/p-2/b29-15+,30-16+;. The summed E-state index contributed by atoms with van der Waals surface area (Å²) in [6.07, 6.45) is -9.05. The second kappa shape index (κ2) is 14.4. The molecule has 2 N–H and O–H groups in total. The van der Waals surface area contributed by atoms with E-state index in [0.29, 0.717) is 16.0 Å². The molecular formula is C20H16CuF6N6S3. The smallest absolute Gasteiger partial charge is 0.741 e. The van der Waals surface area contributed by atoms with Crippen LogP contribution in [0.2, 0.25) is 0 Å². The van der Waals surface area contributed by atoms with Crippen LogP contribution in [0.25, 0.3) is 0 Å². The van der Waals surface area contributed by atoms with Gasteiger partial charge in [-0.25, -0.2) is 0 Å². The van der Waals surface area contributed by atoms with E-state index in [1.807, 2.05) is 10.6 Å². The number of halogens is 6. The van der Waals surface area contributed by atoms with Crippen LogP contribution in [-0.2, 0) is 42.3 Å². The molecule has 0 saturated heterocycles. The van der Waals surface area contributed by atoms with E-state index in [0.717, 1.165) is 0 Å². The molecule has 0 heterocycles. The molecule has 0 atom stereocenters. The number of nitrogens with one attached hydrogen (secondary N) is 2. The Morgan fingerprint density at radius 3 is 1.44 bits per heavy atom. The van der Waals surface area contributed by atoms with Gasteiger partial charge < -0.3 is 35.9 Å². The van der Waals surface area contributed by atoms with Gasteiger partial charge in [-0.3, -0.25) is 0 Å². The second-order valence-electron chi connectivity index (χ2n) is 6.56. The van der Waals surface area contributed by atoms with Crippen LogP contribution in [0.3, 0.4) is 0 Å². The first-order chi connectivity index (χ1) is 16.3. The molecule has 0 spiro atoms. The summed E-state index contributed by atoms with van der Waals surface area (Å²) in [5.41, 5.74) is 0.865. The molecule has 2 aromatic rings. The van der Waals surface area contributed by atoms with E-state index in [9.17, 15) is 26.3 Å². The van der Waals surface area contributed by atoms with Crippen LogP contribution < -0.4 is 10.6 Å². The maximum absolute atomic E-state index is 12.5. The number of hydrogen-bond donors (Lipinski definition) is 3. The normalized spacial score (nSPS) is 13.8. The van der Waals surface area contributed by atoms with Crippen molar-refractivity contribution >= 4 is 59.6 Å². The monoisotopic (exact) mass is 613 g/mol.